The highest BCUT2D eigenvalue weighted by Gasteiger charge is 2.06. The van der Waals surface area contributed by atoms with Crippen molar-refractivity contribution in [2.75, 3.05) is 18.1 Å². The maximum atomic E-state index is 8.83. The fourth-order valence-corrected chi connectivity index (χ4v) is 2.12. The second-order valence-electron chi connectivity index (χ2n) is 4.08. The highest BCUT2D eigenvalue weighted by atomic mass is 32.2. The molecule has 0 aliphatic carbocycles. The molecule has 0 fully saturated rings. The van der Waals surface area contributed by atoms with E-state index in [1.165, 1.54) is 5.75 Å². The van der Waals surface area contributed by atoms with E-state index in [4.69, 9.17) is 5.11 Å². The SMILES string of the molecule is CC(C)CSCC(C)N[C@@H](C)CO. The molecule has 0 aliphatic rings. The summed E-state index contributed by atoms with van der Waals surface area (Å²) in [6.07, 6.45) is 0. The summed E-state index contributed by atoms with van der Waals surface area (Å²) in [5, 5.41) is 12.2. The fraction of sp³-hybridized carbons (Fsp3) is 1.00. The van der Waals surface area contributed by atoms with Crippen LogP contribution in [0.3, 0.4) is 0 Å². The van der Waals surface area contributed by atoms with Gasteiger partial charge in [0.25, 0.3) is 0 Å². The topological polar surface area (TPSA) is 32.3 Å². The van der Waals surface area contributed by atoms with Crippen LogP contribution in [0.15, 0.2) is 0 Å². The molecule has 1 unspecified atom stereocenters. The molecular weight excluding hydrogens is 182 g/mol. The lowest BCUT2D eigenvalue weighted by atomic mass is 10.3. The first kappa shape index (κ1) is 13.3. The lowest BCUT2D eigenvalue weighted by Gasteiger charge is -2.18. The van der Waals surface area contributed by atoms with E-state index in [9.17, 15) is 0 Å². The minimum absolute atomic E-state index is 0.217. The normalized spacial score (nSPS) is 16.2. The van der Waals surface area contributed by atoms with Gasteiger partial charge in [-0.1, -0.05) is 13.8 Å². The first-order valence-corrected chi connectivity index (χ1v) is 6.16. The molecule has 0 radical (unpaired) electrons. The average molecular weight is 205 g/mol. The quantitative estimate of drug-likeness (QED) is 0.664. The van der Waals surface area contributed by atoms with Crippen molar-refractivity contribution in [3.8, 4) is 0 Å². The van der Waals surface area contributed by atoms with Gasteiger partial charge < -0.3 is 10.4 Å². The number of aliphatic hydroxyl groups excluding tert-OH is 1. The van der Waals surface area contributed by atoms with Crippen molar-refractivity contribution in [1.82, 2.24) is 5.32 Å². The van der Waals surface area contributed by atoms with Crippen LogP contribution in [-0.4, -0.2) is 35.3 Å². The predicted molar refractivity (Wildman–Crippen MR) is 61.3 cm³/mol. The summed E-state index contributed by atoms with van der Waals surface area (Å²) in [5.74, 6) is 3.12. The molecule has 2 nitrogen and oxygen atoms in total. The van der Waals surface area contributed by atoms with Crippen molar-refractivity contribution in [3.05, 3.63) is 0 Å². The minimum Gasteiger partial charge on any atom is -0.395 e. The molecular formula is C10H23NOS. The van der Waals surface area contributed by atoms with Crippen LogP contribution in [0.1, 0.15) is 27.7 Å². The Bertz CT molecular complexity index is 119. The van der Waals surface area contributed by atoms with Gasteiger partial charge >= 0.3 is 0 Å². The van der Waals surface area contributed by atoms with Gasteiger partial charge in [-0.25, -0.2) is 0 Å². The molecule has 0 aromatic heterocycles. The molecule has 0 saturated carbocycles. The molecule has 0 amide bonds. The highest BCUT2D eigenvalue weighted by molar-refractivity contribution is 7.99. The number of aliphatic hydroxyl groups is 1. The van der Waals surface area contributed by atoms with Gasteiger partial charge in [-0.3, -0.25) is 0 Å². The van der Waals surface area contributed by atoms with E-state index >= 15 is 0 Å². The molecule has 3 heteroatoms. The van der Waals surface area contributed by atoms with Crippen LogP contribution in [0, 0.1) is 5.92 Å². The van der Waals surface area contributed by atoms with Crippen LogP contribution in [-0.2, 0) is 0 Å². The standard InChI is InChI=1S/C10H23NOS/c1-8(2)6-13-7-10(4)11-9(3)5-12/h8-12H,5-7H2,1-4H3/t9-,10?/m0/s1. The molecule has 0 saturated heterocycles. The predicted octanol–water partition coefficient (Wildman–Crippen LogP) is 1.73. The maximum Gasteiger partial charge on any atom is 0.0582 e. The van der Waals surface area contributed by atoms with Crippen molar-refractivity contribution >= 4 is 11.8 Å². The zero-order valence-electron chi connectivity index (χ0n) is 9.21. The van der Waals surface area contributed by atoms with Gasteiger partial charge in [-0.15, -0.1) is 0 Å². The summed E-state index contributed by atoms with van der Waals surface area (Å²) in [6.45, 7) is 8.87. The molecule has 80 valence electrons. The maximum absolute atomic E-state index is 8.83. The Morgan fingerprint density at radius 3 is 2.15 bits per heavy atom. The summed E-state index contributed by atoms with van der Waals surface area (Å²) < 4.78 is 0. The lowest BCUT2D eigenvalue weighted by Crippen LogP contribution is -2.38. The Labute approximate surface area is 86.5 Å². The summed E-state index contributed by atoms with van der Waals surface area (Å²) in [7, 11) is 0. The van der Waals surface area contributed by atoms with E-state index in [-0.39, 0.29) is 12.6 Å². The molecule has 2 N–H and O–H groups in total. The Morgan fingerprint density at radius 1 is 1.08 bits per heavy atom. The largest absolute Gasteiger partial charge is 0.395 e. The summed E-state index contributed by atoms with van der Waals surface area (Å²) in [6, 6.07) is 0.709. The van der Waals surface area contributed by atoms with Gasteiger partial charge in [0.2, 0.25) is 0 Å². The zero-order chi connectivity index (χ0) is 10.3. The summed E-state index contributed by atoms with van der Waals surface area (Å²) in [4.78, 5) is 0. The van der Waals surface area contributed by atoms with Crippen LogP contribution in [0.25, 0.3) is 0 Å². The molecule has 0 heterocycles. The van der Waals surface area contributed by atoms with E-state index in [0.29, 0.717) is 6.04 Å². The highest BCUT2D eigenvalue weighted by Crippen LogP contribution is 2.08. The number of rotatable bonds is 7. The van der Waals surface area contributed by atoms with Crippen LogP contribution in [0.5, 0.6) is 0 Å². The number of hydrogen-bond donors (Lipinski definition) is 2. The van der Waals surface area contributed by atoms with Crippen molar-refractivity contribution in [1.29, 1.82) is 0 Å². The second kappa shape index (κ2) is 7.65. The third-order valence-electron chi connectivity index (χ3n) is 1.66. The fourth-order valence-electron chi connectivity index (χ4n) is 1.07. The van der Waals surface area contributed by atoms with Crippen molar-refractivity contribution in [2.45, 2.75) is 39.8 Å². The molecule has 0 bridgehead atoms. The van der Waals surface area contributed by atoms with E-state index in [0.717, 1.165) is 11.7 Å². The number of nitrogens with one attached hydrogen (secondary N) is 1. The number of thioether (sulfide) groups is 1. The molecule has 0 rings (SSSR count). The Morgan fingerprint density at radius 2 is 1.69 bits per heavy atom. The van der Waals surface area contributed by atoms with E-state index in [1.807, 2.05) is 18.7 Å². The third-order valence-corrected chi connectivity index (χ3v) is 3.30. The van der Waals surface area contributed by atoms with Gasteiger partial charge in [-0.05, 0) is 25.5 Å². The Kier molecular flexibility index (Phi) is 7.81. The van der Waals surface area contributed by atoms with Gasteiger partial charge in [0, 0.05) is 17.8 Å². The molecule has 0 aromatic carbocycles. The Hall–Kier alpha value is 0.270. The van der Waals surface area contributed by atoms with Crippen molar-refractivity contribution in [2.24, 2.45) is 5.92 Å². The summed E-state index contributed by atoms with van der Waals surface area (Å²) in [5.41, 5.74) is 0. The average Bonchev–Trinajstić information content (AvgIpc) is 2.03. The smallest absolute Gasteiger partial charge is 0.0582 e. The first-order valence-electron chi connectivity index (χ1n) is 5.01. The zero-order valence-corrected chi connectivity index (χ0v) is 10.0. The third kappa shape index (κ3) is 8.60. The molecule has 0 spiro atoms. The van der Waals surface area contributed by atoms with Gasteiger partial charge in [-0.2, -0.15) is 11.8 Å². The van der Waals surface area contributed by atoms with Gasteiger partial charge in [0.1, 0.15) is 0 Å². The van der Waals surface area contributed by atoms with Crippen LogP contribution < -0.4 is 5.32 Å². The van der Waals surface area contributed by atoms with Crippen molar-refractivity contribution in [3.63, 3.8) is 0 Å². The Balaban J connectivity index is 3.34. The van der Waals surface area contributed by atoms with Crippen molar-refractivity contribution < 1.29 is 5.11 Å². The number of hydrogen-bond acceptors (Lipinski definition) is 3. The van der Waals surface area contributed by atoms with Crippen LogP contribution >= 0.6 is 11.8 Å². The molecule has 13 heavy (non-hydrogen) atoms. The molecule has 2 atom stereocenters. The van der Waals surface area contributed by atoms with E-state index in [2.05, 4.69) is 26.1 Å². The van der Waals surface area contributed by atoms with E-state index < -0.39 is 0 Å². The molecule has 0 aromatic rings. The summed E-state index contributed by atoms with van der Waals surface area (Å²) >= 11 is 1.98. The minimum atomic E-state index is 0.217. The monoisotopic (exact) mass is 205 g/mol. The first-order chi connectivity index (χ1) is 6.06. The van der Waals surface area contributed by atoms with E-state index in [1.54, 1.807) is 0 Å². The van der Waals surface area contributed by atoms with Gasteiger partial charge in [0.15, 0.2) is 0 Å². The van der Waals surface area contributed by atoms with Crippen LogP contribution in [0.4, 0.5) is 0 Å². The van der Waals surface area contributed by atoms with Gasteiger partial charge in [0.05, 0.1) is 6.61 Å². The molecule has 0 aliphatic heterocycles. The lowest BCUT2D eigenvalue weighted by molar-refractivity contribution is 0.245. The van der Waals surface area contributed by atoms with Crippen LogP contribution in [0.2, 0.25) is 0 Å². The second-order valence-corrected chi connectivity index (χ2v) is 5.16.